The molecule has 1 unspecified atom stereocenters. The van der Waals surface area contributed by atoms with E-state index in [1.54, 1.807) is 21.3 Å². The highest BCUT2D eigenvalue weighted by molar-refractivity contribution is 9.12. The molecule has 1 spiro atoms. The van der Waals surface area contributed by atoms with Crippen LogP contribution in [-0.2, 0) is 23.8 Å². The third-order valence-corrected chi connectivity index (χ3v) is 9.09. The van der Waals surface area contributed by atoms with Gasteiger partial charge in [0.05, 0.1) is 35.3 Å². The van der Waals surface area contributed by atoms with Gasteiger partial charge in [0.2, 0.25) is 0 Å². The molecule has 0 bridgehead atoms. The standard InChI is InChI=1S/C29H36BrNO6/c1-5-29(26(33)34,31-24-23(30)25(32)28(24)14-10-7-11-15-28)18-27(37-4)16-20(35-2)22(21(17-27)36-3)19-12-8-6-9-13-19/h6,8-9,12-13,16,31H,5,7,10-11,14-15,17-18H2,1-4H3,(H,33,34)/t27?,29-/m0/s1. The maximum atomic E-state index is 13.0. The van der Waals surface area contributed by atoms with Gasteiger partial charge in [0.15, 0.2) is 5.78 Å². The molecule has 8 heteroatoms. The van der Waals surface area contributed by atoms with E-state index >= 15 is 0 Å². The van der Waals surface area contributed by atoms with E-state index in [1.807, 2.05) is 43.3 Å². The fourth-order valence-electron chi connectivity index (χ4n) is 6.10. The smallest absolute Gasteiger partial charge is 0.329 e. The van der Waals surface area contributed by atoms with Gasteiger partial charge in [0, 0.05) is 25.6 Å². The molecule has 200 valence electrons. The zero-order chi connectivity index (χ0) is 26.8. The lowest BCUT2D eigenvalue weighted by atomic mass is 9.61. The minimum Gasteiger partial charge on any atom is -0.500 e. The molecule has 4 rings (SSSR count). The van der Waals surface area contributed by atoms with Gasteiger partial charge in [-0.15, -0.1) is 0 Å². The van der Waals surface area contributed by atoms with Gasteiger partial charge in [0.25, 0.3) is 0 Å². The first-order valence-electron chi connectivity index (χ1n) is 12.8. The maximum absolute atomic E-state index is 13.0. The molecule has 1 fully saturated rings. The van der Waals surface area contributed by atoms with Gasteiger partial charge in [-0.1, -0.05) is 56.5 Å². The maximum Gasteiger partial charge on any atom is 0.329 e. The highest BCUT2D eigenvalue weighted by atomic mass is 79.9. The Hall–Kier alpha value is -2.58. The van der Waals surface area contributed by atoms with E-state index in [9.17, 15) is 14.7 Å². The Morgan fingerprint density at radius 1 is 1.11 bits per heavy atom. The number of allylic oxidation sites excluding steroid dienone is 3. The molecule has 1 saturated carbocycles. The van der Waals surface area contributed by atoms with E-state index in [0.717, 1.165) is 43.2 Å². The largest absolute Gasteiger partial charge is 0.500 e. The number of carbonyl (C=O) groups excluding carboxylic acids is 1. The molecule has 1 aromatic rings. The number of halogens is 1. The number of carbonyl (C=O) groups is 2. The molecule has 37 heavy (non-hydrogen) atoms. The third kappa shape index (κ3) is 4.63. The fourth-order valence-corrected chi connectivity index (χ4v) is 6.96. The van der Waals surface area contributed by atoms with Crippen LogP contribution in [-0.4, -0.2) is 49.3 Å². The Labute approximate surface area is 227 Å². The van der Waals surface area contributed by atoms with Crippen LogP contribution < -0.4 is 5.32 Å². The third-order valence-electron chi connectivity index (χ3n) is 8.33. The average molecular weight is 575 g/mol. The van der Waals surface area contributed by atoms with Crippen LogP contribution in [0.3, 0.4) is 0 Å². The second-order valence-electron chi connectivity index (χ2n) is 10.2. The Kier molecular flexibility index (Phi) is 7.91. The second kappa shape index (κ2) is 10.7. The van der Waals surface area contributed by atoms with Gasteiger partial charge < -0.3 is 24.6 Å². The van der Waals surface area contributed by atoms with Crippen LogP contribution in [0, 0.1) is 5.41 Å². The molecule has 2 atom stereocenters. The molecular formula is C29H36BrNO6. The zero-order valence-corrected chi connectivity index (χ0v) is 23.6. The Balaban J connectivity index is 1.74. The summed E-state index contributed by atoms with van der Waals surface area (Å²) in [5, 5.41) is 14.0. The van der Waals surface area contributed by atoms with Crippen LogP contribution in [0.1, 0.15) is 63.9 Å². The van der Waals surface area contributed by atoms with Crippen LogP contribution in [0.15, 0.2) is 58.1 Å². The quantitative estimate of drug-likeness (QED) is 0.370. The second-order valence-corrected chi connectivity index (χ2v) is 11.0. The summed E-state index contributed by atoms with van der Waals surface area (Å²) in [7, 11) is 4.77. The minimum absolute atomic E-state index is 0.0721. The van der Waals surface area contributed by atoms with Crippen LogP contribution in [0.25, 0.3) is 5.57 Å². The molecule has 0 radical (unpaired) electrons. The minimum atomic E-state index is -1.38. The van der Waals surface area contributed by atoms with Gasteiger partial charge >= 0.3 is 5.97 Å². The summed E-state index contributed by atoms with van der Waals surface area (Å²) < 4.78 is 18.2. The van der Waals surface area contributed by atoms with E-state index in [0.29, 0.717) is 28.1 Å². The number of hydrogen-bond donors (Lipinski definition) is 2. The van der Waals surface area contributed by atoms with Gasteiger partial charge in [0.1, 0.15) is 17.1 Å². The number of ketones is 1. The van der Waals surface area contributed by atoms with E-state index in [4.69, 9.17) is 14.2 Å². The Morgan fingerprint density at radius 3 is 2.32 bits per heavy atom. The van der Waals surface area contributed by atoms with Crippen molar-refractivity contribution >= 4 is 33.3 Å². The number of benzene rings is 1. The molecule has 3 aliphatic carbocycles. The average Bonchev–Trinajstić information content (AvgIpc) is 2.94. The van der Waals surface area contributed by atoms with Crippen molar-refractivity contribution in [3.05, 3.63) is 63.7 Å². The number of carboxylic acids is 1. The van der Waals surface area contributed by atoms with Crippen molar-refractivity contribution in [2.45, 2.75) is 69.4 Å². The first-order valence-corrected chi connectivity index (χ1v) is 13.6. The van der Waals surface area contributed by atoms with Crippen molar-refractivity contribution in [3.63, 3.8) is 0 Å². The molecule has 2 N–H and O–H groups in total. The number of aliphatic carboxylic acids is 1. The lowest BCUT2D eigenvalue weighted by molar-refractivity contribution is -0.149. The molecule has 0 heterocycles. The first kappa shape index (κ1) is 27.5. The lowest BCUT2D eigenvalue weighted by Crippen LogP contribution is -2.61. The Morgan fingerprint density at radius 2 is 1.78 bits per heavy atom. The fraction of sp³-hybridized carbons (Fsp3) is 0.517. The zero-order valence-electron chi connectivity index (χ0n) is 22.0. The van der Waals surface area contributed by atoms with Gasteiger partial charge in [-0.05, 0) is 46.8 Å². The summed E-state index contributed by atoms with van der Waals surface area (Å²) in [5.74, 6) is 0.303. The molecule has 0 saturated heterocycles. The summed E-state index contributed by atoms with van der Waals surface area (Å²) >= 11 is 3.45. The highest BCUT2D eigenvalue weighted by Crippen LogP contribution is 2.54. The highest BCUT2D eigenvalue weighted by Gasteiger charge is 2.57. The van der Waals surface area contributed by atoms with E-state index in [-0.39, 0.29) is 18.6 Å². The van der Waals surface area contributed by atoms with E-state index in [1.165, 1.54) is 0 Å². The summed E-state index contributed by atoms with van der Waals surface area (Å²) in [5.41, 5.74) is -0.542. The molecule has 0 aliphatic heterocycles. The normalized spacial score (nSPS) is 24.8. The summed E-state index contributed by atoms with van der Waals surface area (Å²) in [4.78, 5) is 25.9. The van der Waals surface area contributed by atoms with Gasteiger partial charge in [-0.3, -0.25) is 4.79 Å². The molecule has 7 nitrogen and oxygen atoms in total. The number of hydrogen-bond acceptors (Lipinski definition) is 6. The Bertz CT molecular complexity index is 1150. The predicted molar refractivity (Wildman–Crippen MR) is 145 cm³/mol. The summed E-state index contributed by atoms with van der Waals surface area (Å²) in [6.07, 6.45) is 7.08. The number of ether oxygens (including phenoxy) is 3. The number of rotatable bonds is 10. The van der Waals surface area contributed by atoms with Crippen LogP contribution in [0.5, 0.6) is 0 Å². The number of nitrogens with one attached hydrogen (secondary N) is 1. The van der Waals surface area contributed by atoms with Crippen molar-refractivity contribution < 1.29 is 28.9 Å². The summed E-state index contributed by atoms with van der Waals surface area (Å²) in [6, 6.07) is 9.81. The van der Waals surface area contributed by atoms with Crippen LogP contribution in [0.4, 0.5) is 0 Å². The molecule has 1 aromatic carbocycles. The molecule has 3 aliphatic rings. The van der Waals surface area contributed by atoms with Crippen molar-refractivity contribution in [1.82, 2.24) is 5.32 Å². The van der Waals surface area contributed by atoms with Crippen LogP contribution in [0.2, 0.25) is 0 Å². The topological polar surface area (TPSA) is 94.1 Å². The predicted octanol–water partition coefficient (Wildman–Crippen LogP) is 5.72. The van der Waals surface area contributed by atoms with E-state index < -0.39 is 22.5 Å². The van der Waals surface area contributed by atoms with Crippen molar-refractivity contribution in [2.75, 3.05) is 21.3 Å². The molecule has 0 amide bonds. The number of methoxy groups -OCH3 is 3. The SMILES string of the molecule is CC[C@@](CC1(OC)C=C(OC)C(c2ccccc2)=C(OC)C1)(NC1=C(Br)C(=O)C12CCCCC2)C(=O)O. The number of carboxylic acid groups (broad SMARTS) is 1. The molecule has 0 aromatic heterocycles. The first-order chi connectivity index (χ1) is 17.7. The number of Topliss-reactive ketones (excluding diaryl/α,β-unsaturated/α-hetero) is 1. The lowest BCUT2D eigenvalue weighted by Gasteiger charge is -2.49. The monoisotopic (exact) mass is 573 g/mol. The van der Waals surface area contributed by atoms with Crippen molar-refractivity contribution in [2.24, 2.45) is 5.41 Å². The van der Waals surface area contributed by atoms with Crippen LogP contribution >= 0.6 is 15.9 Å². The van der Waals surface area contributed by atoms with Gasteiger partial charge in [-0.25, -0.2) is 4.79 Å². The van der Waals surface area contributed by atoms with Crippen molar-refractivity contribution in [3.8, 4) is 0 Å². The summed E-state index contributed by atoms with van der Waals surface area (Å²) in [6.45, 7) is 1.85. The van der Waals surface area contributed by atoms with Gasteiger partial charge in [-0.2, -0.15) is 0 Å². The molecular weight excluding hydrogens is 538 g/mol. The van der Waals surface area contributed by atoms with E-state index in [2.05, 4.69) is 21.2 Å². The van der Waals surface area contributed by atoms with Crippen molar-refractivity contribution in [1.29, 1.82) is 0 Å².